The van der Waals surface area contributed by atoms with Gasteiger partial charge >= 0.3 is 0 Å². The van der Waals surface area contributed by atoms with Crippen LogP contribution in [0.5, 0.6) is 0 Å². The summed E-state index contributed by atoms with van der Waals surface area (Å²) in [4.78, 5) is 14.5. The summed E-state index contributed by atoms with van der Waals surface area (Å²) in [5, 5.41) is 0. The maximum atomic E-state index is 12.5. The number of halogens is 1. The maximum absolute atomic E-state index is 12.5. The van der Waals surface area contributed by atoms with Gasteiger partial charge in [0, 0.05) is 18.3 Å². The van der Waals surface area contributed by atoms with E-state index in [0.29, 0.717) is 27.7 Å². The van der Waals surface area contributed by atoms with Crippen LogP contribution < -0.4 is 5.73 Å². The number of likely N-dealkylation sites (tertiary alicyclic amines) is 1. The number of nitrogens with zero attached hydrogens (tertiary/aromatic N) is 1. The minimum atomic E-state index is 0.0774. The zero-order valence-electron chi connectivity index (χ0n) is 10.8. The van der Waals surface area contributed by atoms with Gasteiger partial charge in [-0.15, -0.1) is 0 Å². The fourth-order valence-electron chi connectivity index (χ4n) is 2.58. The second-order valence-electron chi connectivity index (χ2n) is 5.19. The first-order valence-corrected chi connectivity index (χ1v) is 7.15. The van der Waals surface area contributed by atoms with Gasteiger partial charge < -0.3 is 10.6 Å². The Morgan fingerprint density at radius 3 is 2.83 bits per heavy atom. The van der Waals surface area contributed by atoms with Crippen molar-refractivity contribution in [3.05, 3.63) is 28.2 Å². The first-order chi connectivity index (χ1) is 8.50. The van der Waals surface area contributed by atoms with E-state index in [1.807, 2.05) is 17.0 Å². The third kappa shape index (κ3) is 2.53. The molecule has 1 fully saturated rings. The average molecular weight is 311 g/mol. The van der Waals surface area contributed by atoms with Crippen molar-refractivity contribution in [3.8, 4) is 0 Å². The first kappa shape index (κ1) is 13.4. The lowest BCUT2D eigenvalue weighted by atomic mass is 9.93. The molecule has 0 saturated carbocycles. The van der Waals surface area contributed by atoms with Gasteiger partial charge in [-0.25, -0.2) is 0 Å². The van der Waals surface area contributed by atoms with Gasteiger partial charge in [0.2, 0.25) is 0 Å². The van der Waals surface area contributed by atoms with Crippen LogP contribution in [0.3, 0.4) is 0 Å². The quantitative estimate of drug-likeness (QED) is 0.809. The lowest BCUT2D eigenvalue weighted by Crippen LogP contribution is -2.44. The van der Waals surface area contributed by atoms with E-state index in [0.717, 1.165) is 19.4 Å². The van der Waals surface area contributed by atoms with Crippen LogP contribution in [0.25, 0.3) is 0 Å². The molecule has 18 heavy (non-hydrogen) atoms. The third-order valence-corrected chi connectivity index (χ3v) is 4.54. The van der Waals surface area contributed by atoms with Crippen molar-refractivity contribution < 1.29 is 4.79 Å². The molecule has 3 nitrogen and oxygen atoms in total. The molecular formula is C14H19BrN2O. The third-order valence-electron chi connectivity index (χ3n) is 3.66. The molecule has 1 saturated heterocycles. The van der Waals surface area contributed by atoms with E-state index < -0.39 is 0 Å². The Kier molecular flexibility index (Phi) is 3.95. The highest BCUT2D eigenvalue weighted by molar-refractivity contribution is 9.10. The van der Waals surface area contributed by atoms with E-state index >= 15 is 0 Å². The number of rotatable bonds is 1. The fraction of sp³-hybridized carbons (Fsp3) is 0.500. The minimum absolute atomic E-state index is 0.0774. The normalized spacial score (nSPS) is 24.1. The molecule has 0 aromatic heterocycles. The standard InChI is InChI=1S/C14H19BrN2O/c1-9-6-7-17(10(2)8-9)14(18)11-4-3-5-12(16)13(11)15/h3-5,9-10H,6-8,16H2,1-2H3. The van der Waals surface area contributed by atoms with Crippen LogP contribution in [-0.2, 0) is 0 Å². The smallest absolute Gasteiger partial charge is 0.255 e. The fourth-order valence-corrected chi connectivity index (χ4v) is 3.01. The van der Waals surface area contributed by atoms with Crippen molar-refractivity contribution in [2.45, 2.75) is 32.7 Å². The van der Waals surface area contributed by atoms with E-state index in [4.69, 9.17) is 5.73 Å². The Balaban J connectivity index is 2.23. The predicted octanol–water partition coefficient (Wildman–Crippen LogP) is 3.29. The van der Waals surface area contributed by atoms with Gasteiger partial charge in [-0.1, -0.05) is 13.0 Å². The van der Waals surface area contributed by atoms with Gasteiger partial charge in [-0.3, -0.25) is 4.79 Å². The summed E-state index contributed by atoms with van der Waals surface area (Å²) < 4.78 is 0.709. The van der Waals surface area contributed by atoms with E-state index in [9.17, 15) is 4.79 Å². The van der Waals surface area contributed by atoms with Crippen LogP contribution in [0, 0.1) is 5.92 Å². The van der Waals surface area contributed by atoms with Crippen LogP contribution in [0.4, 0.5) is 5.69 Å². The number of nitrogen functional groups attached to an aromatic ring is 1. The summed E-state index contributed by atoms with van der Waals surface area (Å²) in [6, 6.07) is 5.75. The molecule has 0 radical (unpaired) electrons. The molecule has 0 aliphatic carbocycles. The zero-order valence-corrected chi connectivity index (χ0v) is 12.4. The van der Waals surface area contributed by atoms with Gasteiger partial charge in [-0.2, -0.15) is 0 Å². The van der Waals surface area contributed by atoms with Crippen molar-refractivity contribution in [2.75, 3.05) is 12.3 Å². The molecule has 1 heterocycles. The number of hydrogen-bond acceptors (Lipinski definition) is 2. The highest BCUT2D eigenvalue weighted by Crippen LogP contribution is 2.28. The van der Waals surface area contributed by atoms with E-state index in [1.165, 1.54) is 0 Å². The summed E-state index contributed by atoms with van der Waals surface area (Å²) in [7, 11) is 0. The molecular weight excluding hydrogens is 292 g/mol. The van der Waals surface area contributed by atoms with Gasteiger partial charge in [0.25, 0.3) is 5.91 Å². The van der Waals surface area contributed by atoms with Crippen LogP contribution >= 0.6 is 15.9 Å². The number of nitrogens with two attached hydrogens (primary N) is 1. The van der Waals surface area contributed by atoms with Gasteiger partial charge in [0.15, 0.2) is 0 Å². The zero-order chi connectivity index (χ0) is 13.3. The Labute approximate surface area is 116 Å². The van der Waals surface area contributed by atoms with Gasteiger partial charge in [0.05, 0.1) is 10.0 Å². The van der Waals surface area contributed by atoms with E-state index in [2.05, 4.69) is 29.8 Å². The lowest BCUT2D eigenvalue weighted by molar-refractivity contribution is 0.0588. The number of carbonyl (C=O) groups excluding carboxylic acids is 1. The highest BCUT2D eigenvalue weighted by atomic mass is 79.9. The first-order valence-electron chi connectivity index (χ1n) is 6.35. The molecule has 2 N–H and O–H groups in total. The van der Waals surface area contributed by atoms with Crippen LogP contribution in [0.1, 0.15) is 37.0 Å². The van der Waals surface area contributed by atoms with E-state index in [1.54, 1.807) is 6.07 Å². The van der Waals surface area contributed by atoms with Crippen molar-refractivity contribution in [3.63, 3.8) is 0 Å². The molecule has 1 aliphatic heterocycles. The molecule has 1 aromatic rings. The number of carbonyl (C=O) groups is 1. The number of benzene rings is 1. The Hall–Kier alpha value is -1.03. The largest absolute Gasteiger partial charge is 0.398 e. The SMILES string of the molecule is CC1CCN(C(=O)c2cccc(N)c2Br)C(C)C1. The molecule has 0 spiro atoms. The molecule has 2 rings (SSSR count). The molecule has 98 valence electrons. The Morgan fingerprint density at radius 1 is 1.44 bits per heavy atom. The average Bonchev–Trinajstić information content (AvgIpc) is 2.32. The predicted molar refractivity (Wildman–Crippen MR) is 77.5 cm³/mol. The monoisotopic (exact) mass is 310 g/mol. The topological polar surface area (TPSA) is 46.3 Å². The molecule has 1 amide bonds. The van der Waals surface area contributed by atoms with Crippen molar-refractivity contribution in [1.82, 2.24) is 4.90 Å². The highest BCUT2D eigenvalue weighted by Gasteiger charge is 2.28. The van der Waals surface area contributed by atoms with Crippen LogP contribution in [-0.4, -0.2) is 23.4 Å². The number of anilines is 1. The van der Waals surface area contributed by atoms with Crippen LogP contribution in [0.15, 0.2) is 22.7 Å². The summed E-state index contributed by atoms with van der Waals surface area (Å²) in [6.07, 6.45) is 2.15. The lowest BCUT2D eigenvalue weighted by Gasteiger charge is -2.36. The summed E-state index contributed by atoms with van der Waals surface area (Å²) in [6.45, 7) is 5.20. The molecule has 2 atom stereocenters. The molecule has 1 aromatic carbocycles. The summed E-state index contributed by atoms with van der Waals surface area (Å²) in [5.41, 5.74) is 7.10. The number of amides is 1. The second-order valence-corrected chi connectivity index (χ2v) is 5.98. The molecule has 4 heteroatoms. The van der Waals surface area contributed by atoms with Gasteiger partial charge in [-0.05, 0) is 53.7 Å². The Morgan fingerprint density at radius 2 is 2.17 bits per heavy atom. The molecule has 0 bridgehead atoms. The Bertz CT molecular complexity index is 461. The summed E-state index contributed by atoms with van der Waals surface area (Å²) >= 11 is 3.41. The summed E-state index contributed by atoms with van der Waals surface area (Å²) in [5.74, 6) is 0.780. The second kappa shape index (κ2) is 5.31. The number of hydrogen-bond donors (Lipinski definition) is 1. The molecule has 1 aliphatic rings. The maximum Gasteiger partial charge on any atom is 0.255 e. The van der Waals surface area contributed by atoms with Crippen molar-refractivity contribution in [2.24, 2.45) is 5.92 Å². The van der Waals surface area contributed by atoms with E-state index in [-0.39, 0.29) is 5.91 Å². The van der Waals surface area contributed by atoms with Crippen molar-refractivity contribution in [1.29, 1.82) is 0 Å². The molecule has 2 unspecified atom stereocenters. The number of piperidine rings is 1. The van der Waals surface area contributed by atoms with Crippen LogP contribution in [0.2, 0.25) is 0 Å². The van der Waals surface area contributed by atoms with Crippen molar-refractivity contribution >= 4 is 27.5 Å². The van der Waals surface area contributed by atoms with Gasteiger partial charge in [0.1, 0.15) is 0 Å². The minimum Gasteiger partial charge on any atom is -0.398 e.